The quantitative estimate of drug-likeness (QED) is 0.781. The maximum atomic E-state index is 5.57. The number of likely N-dealkylation sites (N-methyl/N-ethyl adjacent to an activating group) is 1. The van der Waals surface area contributed by atoms with Crippen LogP contribution in [0.4, 0.5) is 0 Å². The Labute approximate surface area is 135 Å². The molecule has 3 atom stereocenters. The van der Waals surface area contributed by atoms with Gasteiger partial charge in [-0.15, -0.1) is 0 Å². The van der Waals surface area contributed by atoms with Crippen molar-refractivity contribution in [2.75, 3.05) is 20.6 Å². The van der Waals surface area contributed by atoms with E-state index in [1.54, 1.807) is 0 Å². The number of rotatable bonds is 4. The molecule has 3 fully saturated rings. The van der Waals surface area contributed by atoms with E-state index in [2.05, 4.69) is 29.6 Å². The highest BCUT2D eigenvalue weighted by atomic mass is 32.1. The fourth-order valence-corrected chi connectivity index (χ4v) is 5.10. The van der Waals surface area contributed by atoms with Gasteiger partial charge in [0.15, 0.2) is 5.11 Å². The van der Waals surface area contributed by atoms with Crippen molar-refractivity contribution in [3.05, 3.63) is 0 Å². The molecule has 0 amide bonds. The first-order chi connectivity index (χ1) is 10.1. The molecule has 120 valence electrons. The highest BCUT2D eigenvalue weighted by Crippen LogP contribution is 2.44. The van der Waals surface area contributed by atoms with Gasteiger partial charge in [-0.1, -0.05) is 25.7 Å². The van der Waals surface area contributed by atoms with E-state index in [-0.39, 0.29) is 0 Å². The molecule has 0 spiro atoms. The van der Waals surface area contributed by atoms with Gasteiger partial charge in [-0.3, -0.25) is 0 Å². The fourth-order valence-electron chi connectivity index (χ4n) is 4.88. The zero-order valence-corrected chi connectivity index (χ0v) is 14.5. The van der Waals surface area contributed by atoms with Crippen LogP contribution in [0, 0.1) is 11.8 Å². The predicted molar refractivity (Wildman–Crippen MR) is 92.5 cm³/mol. The van der Waals surface area contributed by atoms with Gasteiger partial charge in [-0.05, 0) is 70.3 Å². The van der Waals surface area contributed by atoms with E-state index in [1.165, 1.54) is 57.8 Å². The molecule has 2 N–H and O–H groups in total. The van der Waals surface area contributed by atoms with Crippen molar-refractivity contribution in [1.29, 1.82) is 0 Å². The summed E-state index contributed by atoms with van der Waals surface area (Å²) in [5, 5.41) is 8.04. The average molecular weight is 310 g/mol. The molecule has 4 heteroatoms. The van der Waals surface area contributed by atoms with E-state index in [0.717, 1.165) is 23.5 Å². The van der Waals surface area contributed by atoms with Crippen LogP contribution >= 0.6 is 12.2 Å². The topological polar surface area (TPSA) is 27.3 Å². The molecule has 3 aliphatic rings. The first kappa shape index (κ1) is 15.5. The van der Waals surface area contributed by atoms with Crippen molar-refractivity contribution in [1.82, 2.24) is 15.5 Å². The molecule has 0 aromatic rings. The van der Waals surface area contributed by atoms with Gasteiger partial charge in [0.1, 0.15) is 0 Å². The predicted octanol–water partition coefficient (Wildman–Crippen LogP) is 2.90. The SMILES string of the molecule is CN(C)C1(CNC(=S)N[C@H]2C[C@@H]3CC[C@H]2C3)CCCCC1. The lowest BCUT2D eigenvalue weighted by Gasteiger charge is -2.43. The normalized spacial score (nSPS) is 34.1. The van der Waals surface area contributed by atoms with Gasteiger partial charge < -0.3 is 15.5 Å². The molecule has 3 rings (SSSR count). The lowest BCUT2D eigenvalue weighted by Crippen LogP contribution is -2.56. The Bertz CT molecular complexity index is 376. The van der Waals surface area contributed by atoms with Crippen LogP contribution < -0.4 is 10.6 Å². The largest absolute Gasteiger partial charge is 0.361 e. The van der Waals surface area contributed by atoms with Gasteiger partial charge in [0.05, 0.1) is 0 Å². The van der Waals surface area contributed by atoms with Crippen molar-refractivity contribution >= 4 is 17.3 Å². The molecule has 2 bridgehead atoms. The van der Waals surface area contributed by atoms with Crippen LogP contribution in [0.25, 0.3) is 0 Å². The van der Waals surface area contributed by atoms with Crippen molar-refractivity contribution in [2.24, 2.45) is 11.8 Å². The second-order valence-electron chi connectivity index (χ2n) is 7.79. The van der Waals surface area contributed by atoms with Crippen LogP contribution in [0.1, 0.15) is 57.8 Å². The van der Waals surface area contributed by atoms with Crippen LogP contribution in [0.15, 0.2) is 0 Å². The van der Waals surface area contributed by atoms with Crippen LogP contribution in [-0.4, -0.2) is 42.2 Å². The van der Waals surface area contributed by atoms with Crippen molar-refractivity contribution in [3.8, 4) is 0 Å². The molecule has 0 unspecified atom stereocenters. The van der Waals surface area contributed by atoms with Crippen molar-refractivity contribution in [2.45, 2.75) is 69.4 Å². The summed E-state index contributed by atoms with van der Waals surface area (Å²) in [6, 6.07) is 0.644. The smallest absolute Gasteiger partial charge is 0.166 e. The molecular weight excluding hydrogens is 278 g/mol. The molecule has 0 aromatic heterocycles. The molecule has 3 nitrogen and oxygen atoms in total. The summed E-state index contributed by atoms with van der Waals surface area (Å²) in [6.45, 7) is 0.993. The van der Waals surface area contributed by atoms with Crippen LogP contribution in [0.3, 0.4) is 0 Å². The molecule has 21 heavy (non-hydrogen) atoms. The molecule has 0 saturated heterocycles. The first-order valence-corrected chi connectivity index (χ1v) is 9.22. The van der Waals surface area contributed by atoms with Crippen molar-refractivity contribution in [3.63, 3.8) is 0 Å². The second kappa shape index (κ2) is 6.41. The molecule has 3 saturated carbocycles. The molecule has 0 heterocycles. The van der Waals surface area contributed by atoms with Crippen LogP contribution in [-0.2, 0) is 0 Å². The van der Waals surface area contributed by atoms with E-state index in [1.807, 2.05) is 0 Å². The van der Waals surface area contributed by atoms with Crippen molar-refractivity contribution < 1.29 is 0 Å². The number of hydrogen-bond donors (Lipinski definition) is 2. The minimum absolute atomic E-state index is 0.304. The van der Waals surface area contributed by atoms with Gasteiger partial charge >= 0.3 is 0 Å². The molecule has 3 aliphatic carbocycles. The number of hydrogen-bond acceptors (Lipinski definition) is 2. The number of fused-ring (bicyclic) bond motifs is 2. The van der Waals surface area contributed by atoms with Crippen LogP contribution in [0.2, 0.25) is 0 Å². The van der Waals surface area contributed by atoms with E-state index in [9.17, 15) is 0 Å². The Morgan fingerprint density at radius 1 is 1.14 bits per heavy atom. The zero-order chi connectivity index (χ0) is 14.9. The summed E-state index contributed by atoms with van der Waals surface area (Å²) in [5.74, 6) is 1.86. The minimum atomic E-state index is 0.304. The number of nitrogens with one attached hydrogen (secondary N) is 2. The number of nitrogens with zero attached hydrogens (tertiary/aromatic N) is 1. The molecule has 0 radical (unpaired) electrons. The average Bonchev–Trinajstić information content (AvgIpc) is 3.08. The second-order valence-corrected chi connectivity index (χ2v) is 8.20. The maximum absolute atomic E-state index is 5.57. The molecular formula is C17H31N3S. The van der Waals surface area contributed by atoms with Crippen LogP contribution in [0.5, 0.6) is 0 Å². The standard InChI is InChI=1S/C17H31N3S/c1-20(2)17(8-4-3-5-9-17)12-18-16(21)19-15-11-13-6-7-14(15)10-13/h13-15H,3-12H2,1-2H3,(H2,18,19,21)/t13-,14+,15+/m1/s1. The summed E-state index contributed by atoms with van der Waals surface area (Å²) in [7, 11) is 4.44. The highest BCUT2D eigenvalue weighted by molar-refractivity contribution is 7.80. The molecule has 0 aliphatic heterocycles. The Balaban J connectivity index is 1.48. The van der Waals surface area contributed by atoms with E-state index >= 15 is 0 Å². The third-order valence-electron chi connectivity index (χ3n) is 6.37. The van der Waals surface area contributed by atoms with Gasteiger partial charge in [-0.2, -0.15) is 0 Å². The Kier molecular flexibility index (Phi) is 4.75. The first-order valence-electron chi connectivity index (χ1n) is 8.81. The summed E-state index contributed by atoms with van der Waals surface area (Å²) < 4.78 is 0. The van der Waals surface area contributed by atoms with E-state index in [4.69, 9.17) is 12.2 Å². The van der Waals surface area contributed by atoms with Gasteiger partial charge in [-0.25, -0.2) is 0 Å². The Morgan fingerprint density at radius 3 is 2.48 bits per heavy atom. The monoisotopic (exact) mass is 309 g/mol. The van der Waals surface area contributed by atoms with Gasteiger partial charge in [0.2, 0.25) is 0 Å². The molecule has 0 aromatic carbocycles. The Hall–Kier alpha value is -0.350. The third kappa shape index (κ3) is 3.37. The van der Waals surface area contributed by atoms with Gasteiger partial charge in [0, 0.05) is 18.1 Å². The summed E-state index contributed by atoms with van der Waals surface area (Å²) >= 11 is 5.57. The van der Waals surface area contributed by atoms with Gasteiger partial charge in [0.25, 0.3) is 0 Å². The lowest BCUT2D eigenvalue weighted by molar-refractivity contribution is 0.104. The number of thiocarbonyl (C=S) groups is 1. The highest BCUT2D eigenvalue weighted by Gasteiger charge is 2.40. The maximum Gasteiger partial charge on any atom is 0.166 e. The third-order valence-corrected chi connectivity index (χ3v) is 6.63. The summed E-state index contributed by atoms with van der Waals surface area (Å²) in [6.07, 6.45) is 12.3. The van der Waals surface area contributed by atoms with E-state index < -0.39 is 0 Å². The Morgan fingerprint density at radius 2 is 1.90 bits per heavy atom. The summed E-state index contributed by atoms with van der Waals surface area (Å²) in [4.78, 5) is 2.42. The fraction of sp³-hybridized carbons (Fsp3) is 0.941. The zero-order valence-electron chi connectivity index (χ0n) is 13.7. The minimum Gasteiger partial charge on any atom is -0.361 e. The summed E-state index contributed by atoms with van der Waals surface area (Å²) in [5.41, 5.74) is 0.304. The lowest BCUT2D eigenvalue weighted by atomic mass is 9.80. The van der Waals surface area contributed by atoms with E-state index in [0.29, 0.717) is 11.6 Å².